The van der Waals surface area contributed by atoms with Gasteiger partial charge in [0.1, 0.15) is 0 Å². The molecule has 1 aliphatic carbocycles. The van der Waals surface area contributed by atoms with Crippen molar-refractivity contribution >= 4 is 55.2 Å². The van der Waals surface area contributed by atoms with Crippen molar-refractivity contribution in [3.8, 4) is 58.0 Å². The van der Waals surface area contributed by atoms with Crippen molar-refractivity contribution in [2.45, 2.75) is 26.9 Å². The quantitative estimate of drug-likeness (QED) is 0.0955. The Bertz CT molecular complexity index is 4090. The number of hydrogen-bond donors (Lipinski definition) is 0. The van der Waals surface area contributed by atoms with E-state index < -0.39 is 0 Å². The Hall–Kier alpha value is -10.6. The second kappa shape index (κ2) is 22.5. The third-order valence-electron chi connectivity index (χ3n) is 13.3. The zero-order chi connectivity index (χ0) is 51.5. The zero-order valence-electron chi connectivity index (χ0n) is 42.2. The summed E-state index contributed by atoms with van der Waals surface area (Å²) in [6.07, 6.45) is 0. The van der Waals surface area contributed by atoms with Crippen molar-refractivity contribution in [1.29, 1.82) is 0 Å². The fourth-order valence-corrected chi connectivity index (χ4v) is 9.75. The normalized spacial score (nSPS) is 12.3. The Labute approximate surface area is 445 Å². The molecule has 2 heteroatoms. The molecule has 0 spiro atoms. The number of allylic oxidation sites excluding steroid dienone is 6. The number of fused-ring (bicyclic) bond motifs is 2. The molecule has 1 aliphatic rings. The van der Waals surface area contributed by atoms with Crippen LogP contribution in [0.2, 0.25) is 0 Å². The molecule has 2 heterocycles. The molecular weight excluding hydrogens is 917 g/mol. The highest BCUT2D eigenvalue weighted by Gasteiger charge is 2.22. The van der Waals surface area contributed by atoms with Crippen LogP contribution in [0.15, 0.2) is 265 Å². The molecule has 0 radical (unpaired) electrons. The molecule has 8 aromatic carbocycles. The summed E-state index contributed by atoms with van der Waals surface area (Å²) in [5.74, 6) is 21.7. The van der Waals surface area contributed by atoms with E-state index in [0.29, 0.717) is 33.4 Å². The van der Waals surface area contributed by atoms with Crippen molar-refractivity contribution in [3.63, 3.8) is 0 Å². The Balaban J connectivity index is 1.34. The van der Waals surface area contributed by atoms with Gasteiger partial charge in [-0.1, -0.05) is 288 Å². The molecule has 0 atom stereocenters. The van der Waals surface area contributed by atoms with E-state index in [-0.39, 0.29) is 0 Å². The van der Waals surface area contributed by atoms with Crippen molar-refractivity contribution < 1.29 is 0 Å². The fraction of sp³-hybridized carbons (Fsp3) is 0.0541. The number of aryl methyl sites for hydroxylation is 2. The van der Waals surface area contributed by atoms with Crippen molar-refractivity contribution in [1.82, 2.24) is 9.13 Å². The first kappa shape index (κ1) is 47.7. The van der Waals surface area contributed by atoms with Gasteiger partial charge in [-0.3, -0.25) is 0 Å². The van der Waals surface area contributed by atoms with Crippen LogP contribution in [0.1, 0.15) is 47.2 Å². The number of rotatable bonds is 10. The predicted molar refractivity (Wildman–Crippen MR) is 317 cm³/mol. The topological polar surface area (TPSA) is 9.86 Å². The third kappa shape index (κ3) is 9.97. The highest BCUT2D eigenvalue weighted by atomic mass is 15.0. The van der Waals surface area contributed by atoms with Crippen LogP contribution < -0.4 is 0 Å². The van der Waals surface area contributed by atoms with Crippen LogP contribution in [-0.4, -0.2) is 9.13 Å². The summed E-state index contributed by atoms with van der Waals surface area (Å²) in [4.78, 5) is 0. The number of para-hydroxylation sites is 2. The number of benzene rings is 8. The standard InChI is InChI=1S/C74H48N2/c1-3-75-69-41-25-23-39-67(69)71(73(75)65-35-19-9-20-36-65)63-51-47-59(55-27-11-5-12-28-55)43-45-61(57-31-15-7-16-32-57)49-53-64(72-68-40-24-26-42-70(68)76(4-2)74(72)66-37-21-10-22-38-66)54-50-62(58-33-17-8-18-34-58)46-44-60(48-52-63)56-29-13-6-14-30-56/h5-42H,3-4H2,1-2H3. The minimum atomic E-state index is 0.632. The van der Waals surface area contributed by atoms with Gasteiger partial charge in [0.25, 0.3) is 0 Å². The Morgan fingerprint density at radius 1 is 0.250 bits per heavy atom. The van der Waals surface area contributed by atoms with E-state index in [1.54, 1.807) is 0 Å². The van der Waals surface area contributed by atoms with Gasteiger partial charge in [0.15, 0.2) is 0 Å². The maximum Gasteiger partial charge on any atom is 0.0852 e. The smallest absolute Gasteiger partial charge is 0.0852 e. The van der Waals surface area contributed by atoms with Gasteiger partial charge in [0.2, 0.25) is 0 Å². The summed E-state index contributed by atoms with van der Waals surface area (Å²) in [5, 5.41) is 2.11. The first-order valence-electron chi connectivity index (χ1n) is 25.6. The van der Waals surface area contributed by atoms with Crippen LogP contribution in [0.3, 0.4) is 0 Å². The van der Waals surface area contributed by atoms with Crippen LogP contribution >= 0.6 is 0 Å². The van der Waals surface area contributed by atoms with Crippen LogP contribution in [-0.2, 0) is 13.1 Å². The van der Waals surface area contributed by atoms with Gasteiger partial charge >= 0.3 is 0 Å². The molecule has 0 aliphatic heterocycles. The van der Waals surface area contributed by atoms with E-state index in [9.17, 15) is 0 Å². The molecule has 354 valence electrons. The monoisotopic (exact) mass is 964 g/mol. The Morgan fingerprint density at radius 2 is 0.474 bits per heavy atom. The highest BCUT2D eigenvalue weighted by molar-refractivity contribution is 6.06. The maximum atomic E-state index is 3.66. The molecule has 0 unspecified atom stereocenters. The van der Waals surface area contributed by atoms with E-state index in [1.165, 1.54) is 0 Å². The molecule has 2 nitrogen and oxygen atoms in total. The van der Waals surface area contributed by atoms with Crippen LogP contribution in [0.5, 0.6) is 0 Å². The van der Waals surface area contributed by atoms with Crippen molar-refractivity contribution in [3.05, 3.63) is 298 Å². The van der Waals surface area contributed by atoms with Gasteiger partial charge in [-0.05, 0) is 59.4 Å². The van der Waals surface area contributed by atoms with Crippen molar-refractivity contribution in [2.75, 3.05) is 0 Å². The first-order valence-corrected chi connectivity index (χ1v) is 25.6. The zero-order valence-corrected chi connectivity index (χ0v) is 42.2. The third-order valence-corrected chi connectivity index (χ3v) is 13.3. The average Bonchev–Trinajstić information content (AvgIpc) is 4.09. The summed E-state index contributed by atoms with van der Waals surface area (Å²) >= 11 is 0. The lowest BCUT2D eigenvalue weighted by Crippen LogP contribution is -1.98. The first-order chi connectivity index (χ1) is 37.7. The molecule has 2 aromatic heterocycles. The molecule has 0 fully saturated rings. The SMILES string of the molecule is CCn1c(-c2ccccc2)c(C2=C=C=C(c3ccccc3)C#CC(c3ccccc3)=C=C=C(c3c(-c4ccccc4)n(CC)c4ccccc34)C#CC(c3ccccc3)=C=C=C(c3ccccc3)C#C2)c2ccccc21. The van der Waals surface area contributed by atoms with Crippen molar-refractivity contribution in [2.24, 2.45) is 0 Å². The number of nitrogens with zero attached hydrogens (tertiary/aromatic N) is 2. The molecule has 0 N–H and O–H groups in total. The summed E-state index contributed by atoms with van der Waals surface area (Å²) < 4.78 is 4.72. The maximum absolute atomic E-state index is 3.66. The van der Waals surface area contributed by atoms with Crippen LogP contribution in [0, 0.1) is 35.5 Å². The average molecular weight is 965 g/mol. The highest BCUT2D eigenvalue weighted by Crippen LogP contribution is 2.40. The Kier molecular flexibility index (Phi) is 14.1. The lowest BCUT2D eigenvalue weighted by Gasteiger charge is -2.10. The molecule has 10 aromatic rings. The van der Waals surface area contributed by atoms with E-state index in [2.05, 4.69) is 238 Å². The molecular formula is C74H48N2. The summed E-state index contributed by atoms with van der Waals surface area (Å²) in [6, 6.07) is 78.7. The second-order valence-electron chi connectivity index (χ2n) is 17.9. The van der Waals surface area contributed by atoms with Crippen LogP contribution in [0.4, 0.5) is 0 Å². The van der Waals surface area contributed by atoms with E-state index >= 15 is 0 Å². The largest absolute Gasteiger partial charge is 0.340 e. The Morgan fingerprint density at radius 3 is 0.750 bits per heavy atom. The van der Waals surface area contributed by atoms with E-state index in [0.717, 1.165) is 90.8 Å². The summed E-state index contributed by atoms with van der Waals surface area (Å²) in [7, 11) is 0. The number of aromatic nitrogens is 2. The van der Waals surface area contributed by atoms with Gasteiger partial charge in [-0.25, -0.2) is 0 Å². The van der Waals surface area contributed by atoms with Gasteiger partial charge in [0, 0.05) is 46.0 Å². The molecule has 0 saturated heterocycles. The van der Waals surface area contributed by atoms with Crippen LogP contribution in [0.25, 0.3) is 77.8 Å². The van der Waals surface area contributed by atoms with Gasteiger partial charge in [0.05, 0.1) is 44.8 Å². The molecule has 0 bridgehead atoms. The summed E-state index contributed by atoms with van der Waals surface area (Å²) in [5.41, 5.74) is 37.3. The molecule has 76 heavy (non-hydrogen) atoms. The predicted octanol–water partition coefficient (Wildman–Crippen LogP) is 17.1. The lowest BCUT2D eigenvalue weighted by molar-refractivity contribution is 0.805. The lowest BCUT2D eigenvalue weighted by atomic mass is 9.97. The van der Waals surface area contributed by atoms with Gasteiger partial charge in [-0.15, -0.1) is 0 Å². The molecule has 11 rings (SSSR count). The van der Waals surface area contributed by atoms with Gasteiger partial charge < -0.3 is 9.13 Å². The minimum Gasteiger partial charge on any atom is -0.340 e. The van der Waals surface area contributed by atoms with E-state index in [4.69, 9.17) is 0 Å². The molecule has 0 saturated carbocycles. The molecule has 0 amide bonds. The summed E-state index contributed by atoms with van der Waals surface area (Å²) in [6.45, 7) is 5.85. The minimum absolute atomic E-state index is 0.632. The van der Waals surface area contributed by atoms with Gasteiger partial charge in [-0.2, -0.15) is 0 Å². The fourth-order valence-electron chi connectivity index (χ4n) is 9.75. The second-order valence-corrected chi connectivity index (χ2v) is 17.9. The number of hydrogen-bond acceptors (Lipinski definition) is 0. The van der Waals surface area contributed by atoms with E-state index in [1.807, 2.05) is 84.9 Å².